The Morgan fingerprint density at radius 2 is 1.32 bits per heavy atom. The van der Waals surface area contributed by atoms with Crippen molar-refractivity contribution in [1.82, 2.24) is 5.32 Å². The minimum Gasteiger partial charge on any atom is -0.394 e. The van der Waals surface area contributed by atoms with Crippen LogP contribution < -0.4 is 5.32 Å². The van der Waals surface area contributed by atoms with Crippen LogP contribution >= 0.6 is 0 Å². The largest absolute Gasteiger partial charge is 0.394 e. The van der Waals surface area contributed by atoms with Gasteiger partial charge in [0.15, 0.2) is 6.29 Å². The molecule has 1 saturated heterocycles. The van der Waals surface area contributed by atoms with Crippen LogP contribution in [0, 0.1) is 0 Å². The minimum absolute atomic E-state index is 0.202. The van der Waals surface area contributed by atoms with Crippen molar-refractivity contribution in [2.24, 2.45) is 0 Å². The van der Waals surface area contributed by atoms with Crippen LogP contribution in [-0.2, 0) is 14.3 Å². The molecule has 0 aromatic heterocycles. The smallest absolute Gasteiger partial charge is 0.220 e. The summed E-state index contributed by atoms with van der Waals surface area (Å²) in [6, 6.07) is -0.817. The summed E-state index contributed by atoms with van der Waals surface area (Å²) in [6.07, 6.45) is 27.3. The quantitative estimate of drug-likeness (QED) is 0.0445. The number of ether oxygens (including phenoxy) is 2. The maximum absolute atomic E-state index is 12.8. The molecule has 1 amide bonds. The number of carbonyl (C=O) groups excluding carboxylic acids is 1. The van der Waals surface area contributed by atoms with Gasteiger partial charge in [-0.05, 0) is 51.4 Å². The van der Waals surface area contributed by atoms with Gasteiger partial charge in [-0.25, -0.2) is 0 Å². The summed E-state index contributed by atoms with van der Waals surface area (Å²) in [4.78, 5) is 12.8. The molecule has 1 fully saturated rings. The average Bonchev–Trinajstić information content (AvgIpc) is 3.07. The van der Waals surface area contributed by atoms with E-state index in [1.165, 1.54) is 44.9 Å². The molecule has 1 heterocycles. The molecule has 1 aliphatic rings. The van der Waals surface area contributed by atoms with Gasteiger partial charge in [-0.3, -0.25) is 4.79 Å². The maximum Gasteiger partial charge on any atom is 0.220 e. The van der Waals surface area contributed by atoms with E-state index in [-0.39, 0.29) is 12.5 Å². The molecule has 0 radical (unpaired) electrons. The third-order valence-corrected chi connectivity index (χ3v) is 8.41. The summed E-state index contributed by atoms with van der Waals surface area (Å²) < 4.78 is 11.1. The normalized spacial score (nSPS) is 23.4. The highest BCUT2D eigenvalue weighted by Gasteiger charge is 2.44. The zero-order valence-corrected chi connectivity index (χ0v) is 29.3. The van der Waals surface area contributed by atoms with Crippen LogP contribution in [0.15, 0.2) is 48.6 Å². The Kier molecular flexibility index (Phi) is 26.7. The lowest BCUT2D eigenvalue weighted by molar-refractivity contribution is -0.302. The van der Waals surface area contributed by atoms with Crippen molar-refractivity contribution >= 4 is 5.91 Å². The van der Waals surface area contributed by atoms with Crippen molar-refractivity contribution in [2.75, 3.05) is 13.2 Å². The van der Waals surface area contributed by atoms with Gasteiger partial charge in [0.1, 0.15) is 24.4 Å². The molecule has 1 rings (SSSR count). The fourth-order valence-corrected chi connectivity index (χ4v) is 5.40. The second-order valence-corrected chi connectivity index (χ2v) is 12.6. The minimum atomic E-state index is -1.57. The molecule has 0 spiro atoms. The van der Waals surface area contributed by atoms with Gasteiger partial charge in [0, 0.05) is 6.42 Å². The molecule has 0 aromatic carbocycles. The number of amides is 1. The third kappa shape index (κ3) is 21.0. The van der Waals surface area contributed by atoms with E-state index in [2.05, 4.69) is 55.6 Å². The predicted molar refractivity (Wildman–Crippen MR) is 189 cm³/mol. The number of hydrogen-bond acceptors (Lipinski definition) is 8. The summed E-state index contributed by atoms with van der Waals surface area (Å²) in [5.74, 6) is -0.211. The lowest BCUT2D eigenvalue weighted by Crippen LogP contribution is -2.60. The Morgan fingerprint density at radius 3 is 1.96 bits per heavy atom. The Balaban J connectivity index is 2.52. The summed E-state index contributed by atoms with van der Waals surface area (Å²) >= 11 is 0. The van der Waals surface area contributed by atoms with Crippen LogP contribution in [0.1, 0.15) is 129 Å². The van der Waals surface area contributed by atoms with Crippen LogP contribution in [0.5, 0.6) is 0 Å². The highest BCUT2D eigenvalue weighted by atomic mass is 16.7. The van der Waals surface area contributed by atoms with Gasteiger partial charge in [0.2, 0.25) is 5.91 Å². The zero-order valence-electron chi connectivity index (χ0n) is 29.3. The Morgan fingerprint density at radius 1 is 0.745 bits per heavy atom. The number of aliphatic hydroxyl groups excluding tert-OH is 5. The number of hydrogen-bond donors (Lipinski definition) is 6. The molecule has 0 aromatic rings. The molecule has 272 valence electrons. The SMILES string of the molecule is CC/C=C\C/C=C\C/C=C\CCCCCC(=O)NC(COC1OC(CO)C(O)C(O)C1O)C(O)/C=C/CCCCCCCCCCC. The van der Waals surface area contributed by atoms with Gasteiger partial charge in [0.25, 0.3) is 0 Å². The number of nitrogens with one attached hydrogen (secondary N) is 1. The summed E-state index contributed by atoms with van der Waals surface area (Å²) in [5, 5.41) is 53.8. The van der Waals surface area contributed by atoms with Gasteiger partial charge in [-0.1, -0.05) is 120 Å². The molecule has 1 aliphatic heterocycles. The maximum atomic E-state index is 12.8. The molecule has 0 bridgehead atoms. The highest BCUT2D eigenvalue weighted by molar-refractivity contribution is 5.76. The Labute approximate surface area is 284 Å². The van der Waals surface area contributed by atoms with Gasteiger partial charge in [0.05, 0.1) is 25.4 Å². The van der Waals surface area contributed by atoms with E-state index in [0.29, 0.717) is 12.8 Å². The average molecular weight is 666 g/mol. The van der Waals surface area contributed by atoms with Crippen molar-refractivity contribution in [3.8, 4) is 0 Å². The van der Waals surface area contributed by atoms with E-state index >= 15 is 0 Å². The van der Waals surface area contributed by atoms with Gasteiger partial charge < -0.3 is 40.3 Å². The zero-order chi connectivity index (χ0) is 34.5. The van der Waals surface area contributed by atoms with Crippen molar-refractivity contribution in [3.05, 3.63) is 48.6 Å². The van der Waals surface area contributed by atoms with Gasteiger partial charge in [-0.15, -0.1) is 0 Å². The number of unbranched alkanes of at least 4 members (excludes halogenated alkanes) is 12. The molecule has 7 atom stereocenters. The number of rotatable bonds is 28. The van der Waals surface area contributed by atoms with E-state index in [9.17, 15) is 30.3 Å². The van der Waals surface area contributed by atoms with Crippen LogP contribution in [0.25, 0.3) is 0 Å². The topological polar surface area (TPSA) is 149 Å². The van der Waals surface area contributed by atoms with Gasteiger partial charge >= 0.3 is 0 Å². The number of allylic oxidation sites excluding steroid dienone is 7. The van der Waals surface area contributed by atoms with Crippen molar-refractivity contribution < 1.29 is 39.8 Å². The molecule has 47 heavy (non-hydrogen) atoms. The van der Waals surface area contributed by atoms with E-state index in [0.717, 1.165) is 57.8 Å². The summed E-state index contributed by atoms with van der Waals surface area (Å²) in [5.41, 5.74) is 0. The highest BCUT2D eigenvalue weighted by Crippen LogP contribution is 2.22. The second-order valence-electron chi connectivity index (χ2n) is 12.6. The summed E-state index contributed by atoms with van der Waals surface area (Å²) in [6.45, 7) is 3.58. The first kappa shape index (κ1) is 43.2. The first-order valence-electron chi connectivity index (χ1n) is 18.4. The van der Waals surface area contributed by atoms with E-state index in [4.69, 9.17) is 9.47 Å². The van der Waals surface area contributed by atoms with Crippen LogP contribution in [0.2, 0.25) is 0 Å². The molecule has 7 unspecified atom stereocenters. The van der Waals surface area contributed by atoms with Crippen molar-refractivity contribution in [1.29, 1.82) is 0 Å². The number of aliphatic hydroxyl groups is 5. The van der Waals surface area contributed by atoms with Crippen LogP contribution in [-0.4, -0.2) is 87.5 Å². The van der Waals surface area contributed by atoms with Crippen molar-refractivity contribution in [2.45, 2.75) is 172 Å². The second kappa shape index (κ2) is 29.1. The van der Waals surface area contributed by atoms with Crippen LogP contribution in [0.4, 0.5) is 0 Å². The fraction of sp³-hybridized carbons (Fsp3) is 0.763. The first-order valence-corrected chi connectivity index (χ1v) is 18.4. The monoisotopic (exact) mass is 665 g/mol. The Hall–Kier alpha value is -1.85. The molecule has 9 nitrogen and oxygen atoms in total. The van der Waals surface area contributed by atoms with Crippen molar-refractivity contribution in [3.63, 3.8) is 0 Å². The number of carbonyl (C=O) groups is 1. The first-order chi connectivity index (χ1) is 22.8. The summed E-state index contributed by atoms with van der Waals surface area (Å²) in [7, 11) is 0. The molecule has 0 saturated carbocycles. The predicted octanol–water partition coefficient (Wildman–Crippen LogP) is 5.94. The molecule has 6 N–H and O–H groups in total. The van der Waals surface area contributed by atoms with E-state index < -0.39 is 49.5 Å². The molecular formula is C38H67NO8. The Bertz CT molecular complexity index is 874. The van der Waals surface area contributed by atoms with Gasteiger partial charge in [-0.2, -0.15) is 0 Å². The van der Waals surface area contributed by atoms with Crippen LogP contribution in [0.3, 0.4) is 0 Å². The van der Waals surface area contributed by atoms with E-state index in [1.807, 2.05) is 6.08 Å². The standard InChI is InChI=1S/C38H67NO8/c1-3-5-7-9-11-13-15-16-18-20-22-24-26-28-34(42)39-31(30-46-38-37(45)36(44)35(43)33(29-40)47-38)32(41)27-25-23-21-19-17-14-12-10-8-6-4-2/h5,7,11,13,16,18,25,27,31-33,35-38,40-41,43-45H,3-4,6,8-10,12,14-15,17,19-24,26,28-30H2,1-2H3,(H,39,42)/b7-5-,13-11-,18-16-,27-25+. The molecular weight excluding hydrogens is 598 g/mol. The molecule has 0 aliphatic carbocycles. The molecule has 9 heteroatoms. The van der Waals surface area contributed by atoms with E-state index in [1.54, 1.807) is 6.08 Å². The fourth-order valence-electron chi connectivity index (χ4n) is 5.40. The third-order valence-electron chi connectivity index (χ3n) is 8.41. The lowest BCUT2D eigenvalue weighted by atomic mass is 9.99. The lowest BCUT2D eigenvalue weighted by Gasteiger charge is -2.40.